The summed E-state index contributed by atoms with van der Waals surface area (Å²) in [6, 6.07) is 0. The van der Waals surface area contributed by atoms with E-state index < -0.39 is 0 Å². The van der Waals surface area contributed by atoms with Crippen LogP contribution in [0.2, 0.25) is 0 Å². The Balaban J connectivity index is 4.55. The lowest BCUT2D eigenvalue weighted by Gasteiger charge is -2.25. The maximum absolute atomic E-state index is 11.8. The molecule has 0 spiro atoms. The van der Waals surface area contributed by atoms with Gasteiger partial charge in [0.2, 0.25) is 11.8 Å². The molecular formula is C13H22N2O2. The van der Waals surface area contributed by atoms with Crippen LogP contribution in [0.25, 0.3) is 0 Å². The highest BCUT2D eigenvalue weighted by atomic mass is 16.2. The molecule has 0 rings (SSSR count). The van der Waals surface area contributed by atoms with Crippen LogP contribution in [0, 0.1) is 0 Å². The van der Waals surface area contributed by atoms with Crippen LogP contribution in [0.15, 0.2) is 23.3 Å². The summed E-state index contributed by atoms with van der Waals surface area (Å²) in [5.41, 5.74) is 1.35. The lowest BCUT2D eigenvalue weighted by molar-refractivity contribution is -0.132. The first-order valence-corrected chi connectivity index (χ1v) is 5.61. The molecule has 0 heterocycles. The average Bonchev–Trinajstić information content (AvgIpc) is 2.34. The van der Waals surface area contributed by atoms with E-state index in [0.29, 0.717) is 11.1 Å². The molecule has 4 heteroatoms. The summed E-state index contributed by atoms with van der Waals surface area (Å²) < 4.78 is 0. The summed E-state index contributed by atoms with van der Waals surface area (Å²) in [5, 5.41) is 0. The van der Waals surface area contributed by atoms with Crippen molar-refractivity contribution in [3.63, 3.8) is 0 Å². The van der Waals surface area contributed by atoms with Crippen molar-refractivity contribution in [1.82, 2.24) is 9.80 Å². The lowest BCUT2D eigenvalue weighted by Crippen LogP contribution is -2.40. The molecule has 0 unspecified atom stereocenters. The second kappa shape index (κ2) is 6.89. The molecule has 0 radical (unpaired) electrons. The van der Waals surface area contributed by atoms with Gasteiger partial charge in [0.25, 0.3) is 0 Å². The standard InChI is InChI=1S/C13H22N2O2/c1-7-10(3)12(16)14(5)9-15(6)13(17)11(4)8-2/h7-8H,9H2,1-6H3. The summed E-state index contributed by atoms with van der Waals surface area (Å²) in [5.74, 6) is -0.129. The largest absolute Gasteiger partial charge is 0.324 e. The van der Waals surface area contributed by atoms with Crippen LogP contribution in [-0.2, 0) is 9.59 Å². The molecule has 0 saturated carbocycles. The van der Waals surface area contributed by atoms with Crippen LogP contribution >= 0.6 is 0 Å². The Labute approximate surface area is 104 Å². The van der Waals surface area contributed by atoms with Gasteiger partial charge in [-0.15, -0.1) is 0 Å². The monoisotopic (exact) mass is 238 g/mol. The number of allylic oxidation sites excluding steroid dienone is 2. The van der Waals surface area contributed by atoms with E-state index in [-0.39, 0.29) is 18.5 Å². The van der Waals surface area contributed by atoms with Crippen LogP contribution in [0.1, 0.15) is 27.7 Å². The number of carbonyl (C=O) groups excluding carboxylic acids is 2. The van der Waals surface area contributed by atoms with Crippen LogP contribution < -0.4 is 0 Å². The fraction of sp³-hybridized carbons (Fsp3) is 0.538. The summed E-state index contributed by atoms with van der Waals surface area (Å²) in [6.45, 7) is 7.45. The molecule has 96 valence electrons. The number of likely N-dealkylation sites (N-methyl/N-ethyl adjacent to an activating group) is 2. The van der Waals surface area contributed by atoms with Gasteiger partial charge in [0.1, 0.15) is 0 Å². The van der Waals surface area contributed by atoms with Crippen molar-refractivity contribution in [3.8, 4) is 0 Å². The summed E-state index contributed by atoms with van der Waals surface area (Å²) in [4.78, 5) is 26.6. The second-order valence-corrected chi connectivity index (χ2v) is 4.09. The minimum Gasteiger partial charge on any atom is -0.324 e. The van der Waals surface area contributed by atoms with Crippen molar-refractivity contribution in [2.24, 2.45) is 0 Å². The number of nitrogens with zero attached hydrogens (tertiary/aromatic N) is 2. The molecule has 0 fully saturated rings. The van der Waals surface area contributed by atoms with Crippen molar-refractivity contribution in [2.45, 2.75) is 27.7 Å². The fourth-order valence-corrected chi connectivity index (χ4v) is 1.30. The Bertz CT molecular complexity index is 322. The van der Waals surface area contributed by atoms with Gasteiger partial charge in [0, 0.05) is 25.2 Å². The van der Waals surface area contributed by atoms with Gasteiger partial charge in [-0.2, -0.15) is 0 Å². The Morgan fingerprint density at radius 3 is 1.41 bits per heavy atom. The van der Waals surface area contributed by atoms with Crippen LogP contribution in [0.4, 0.5) is 0 Å². The van der Waals surface area contributed by atoms with Gasteiger partial charge in [0.15, 0.2) is 0 Å². The van der Waals surface area contributed by atoms with Gasteiger partial charge in [-0.1, -0.05) is 12.2 Å². The molecule has 0 bridgehead atoms. The molecule has 4 nitrogen and oxygen atoms in total. The Morgan fingerprint density at radius 2 is 1.18 bits per heavy atom. The fourth-order valence-electron chi connectivity index (χ4n) is 1.30. The van der Waals surface area contributed by atoms with E-state index in [1.165, 1.54) is 9.80 Å². The summed E-state index contributed by atoms with van der Waals surface area (Å²) >= 11 is 0. The van der Waals surface area contributed by atoms with E-state index >= 15 is 0 Å². The van der Waals surface area contributed by atoms with E-state index in [2.05, 4.69) is 0 Å². The Kier molecular flexibility index (Phi) is 6.25. The number of rotatable bonds is 4. The van der Waals surface area contributed by atoms with E-state index in [0.717, 1.165) is 0 Å². The van der Waals surface area contributed by atoms with Gasteiger partial charge in [-0.05, 0) is 27.7 Å². The van der Waals surface area contributed by atoms with E-state index in [9.17, 15) is 9.59 Å². The maximum Gasteiger partial charge on any atom is 0.250 e. The van der Waals surface area contributed by atoms with Gasteiger partial charge >= 0.3 is 0 Å². The third-order valence-electron chi connectivity index (χ3n) is 2.66. The lowest BCUT2D eigenvalue weighted by atomic mass is 10.2. The van der Waals surface area contributed by atoms with E-state index in [1.54, 1.807) is 40.1 Å². The molecule has 0 aliphatic carbocycles. The highest BCUT2D eigenvalue weighted by molar-refractivity contribution is 5.94. The van der Waals surface area contributed by atoms with Crippen LogP contribution in [0.3, 0.4) is 0 Å². The molecule has 17 heavy (non-hydrogen) atoms. The van der Waals surface area contributed by atoms with Crippen molar-refractivity contribution in [1.29, 1.82) is 0 Å². The molecule has 0 aliphatic rings. The van der Waals surface area contributed by atoms with Gasteiger partial charge in [-0.3, -0.25) is 9.59 Å². The number of hydrogen-bond acceptors (Lipinski definition) is 2. The summed E-state index contributed by atoms with van der Waals surface area (Å²) in [7, 11) is 3.37. The molecule has 0 aromatic carbocycles. The zero-order valence-corrected chi connectivity index (χ0v) is 11.6. The SMILES string of the molecule is CC=C(C)C(=O)N(C)CN(C)C(=O)C(C)=CC. The van der Waals surface area contributed by atoms with Crippen molar-refractivity contribution >= 4 is 11.8 Å². The van der Waals surface area contributed by atoms with Crippen LogP contribution in [-0.4, -0.2) is 42.4 Å². The molecular weight excluding hydrogens is 216 g/mol. The first-order chi connectivity index (χ1) is 7.84. The first-order valence-electron chi connectivity index (χ1n) is 5.61. The van der Waals surface area contributed by atoms with Gasteiger partial charge in [-0.25, -0.2) is 0 Å². The molecule has 0 N–H and O–H groups in total. The molecule has 2 amide bonds. The molecule has 0 aromatic heterocycles. The minimum absolute atomic E-state index is 0.0646. The maximum atomic E-state index is 11.8. The summed E-state index contributed by atoms with van der Waals surface area (Å²) in [6.07, 6.45) is 3.52. The predicted octanol–water partition coefficient (Wildman–Crippen LogP) is 1.79. The quantitative estimate of drug-likeness (QED) is 0.553. The van der Waals surface area contributed by atoms with Gasteiger partial charge in [0.05, 0.1) is 6.67 Å². The van der Waals surface area contributed by atoms with Crippen molar-refractivity contribution in [2.75, 3.05) is 20.8 Å². The molecule has 0 aliphatic heterocycles. The Morgan fingerprint density at radius 1 is 0.882 bits per heavy atom. The highest BCUT2D eigenvalue weighted by Gasteiger charge is 2.16. The third-order valence-corrected chi connectivity index (χ3v) is 2.66. The molecule has 0 atom stereocenters. The third kappa shape index (κ3) is 4.43. The van der Waals surface area contributed by atoms with Gasteiger partial charge < -0.3 is 9.80 Å². The second-order valence-electron chi connectivity index (χ2n) is 4.09. The topological polar surface area (TPSA) is 40.6 Å². The number of amides is 2. The van der Waals surface area contributed by atoms with Crippen molar-refractivity contribution < 1.29 is 9.59 Å². The number of carbonyl (C=O) groups is 2. The number of hydrogen-bond donors (Lipinski definition) is 0. The average molecular weight is 238 g/mol. The molecule has 0 saturated heterocycles. The van der Waals surface area contributed by atoms with Crippen LogP contribution in [0.5, 0.6) is 0 Å². The van der Waals surface area contributed by atoms with Crippen molar-refractivity contribution in [3.05, 3.63) is 23.3 Å². The highest BCUT2D eigenvalue weighted by Crippen LogP contribution is 2.03. The molecule has 0 aromatic rings. The zero-order valence-electron chi connectivity index (χ0n) is 11.6. The minimum atomic E-state index is -0.0646. The zero-order chi connectivity index (χ0) is 13.6. The smallest absolute Gasteiger partial charge is 0.250 e. The Hall–Kier alpha value is -1.58. The predicted molar refractivity (Wildman–Crippen MR) is 69.3 cm³/mol. The van der Waals surface area contributed by atoms with E-state index in [4.69, 9.17) is 0 Å². The normalized spacial score (nSPS) is 12.4. The first kappa shape index (κ1) is 15.4. The van der Waals surface area contributed by atoms with E-state index in [1.807, 2.05) is 13.8 Å².